The maximum atomic E-state index is 12.1. The standard InChI is InChI=1S/C14H18N2O5S/c1-2-21-14(18)13(17)15-11-6-5-7-12(10-11)16-8-3-4-9-22(16,19)20/h5-7,10H,2-4,8-9H2,1H3,(H,15,17). The van der Waals surface area contributed by atoms with Crippen molar-refractivity contribution in [3.05, 3.63) is 24.3 Å². The van der Waals surface area contributed by atoms with Crippen molar-refractivity contribution in [3.8, 4) is 0 Å². The number of sulfonamides is 1. The molecule has 2 rings (SSSR count). The molecule has 1 fully saturated rings. The molecule has 22 heavy (non-hydrogen) atoms. The van der Waals surface area contributed by atoms with Crippen LogP contribution in [0.5, 0.6) is 0 Å². The quantitative estimate of drug-likeness (QED) is 0.664. The van der Waals surface area contributed by atoms with Gasteiger partial charge in [-0.1, -0.05) is 6.07 Å². The van der Waals surface area contributed by atoms with Crippen LogP contribution in [0.2, 0.25) is 0 Å². The van der Waals surface area contributed by atoms with Crippen LogP contribution >= 0.6 is 0 Å². The summed E-state index contributed by atoms with van der Waals surface area (Å²) in [6.07, 6.45) is 1.44. The van der Waals surface area contributed by atoms with Crippen LogP contribution in [0.3, 0.4) is 0 Å². The molecule has 1 aromatic rings. The first-order valence-corrected chi connectivity index (χ1v) is 8.63. The van der Waals surface area contributed by atoms with E-state index in [1.54, 1.807) is 25.1 Å². The second-order valence-corrected chi connectivity index (χ2v) is 6.83. The minimum absolute atomic E-state index is 0.109. The molecule has 0 aromatic heterocycles. The number of carbonyl (C=O) groups excluding carboxylic acids is 2. The molecule has 0 bridgehead atoms. The van der Waals surface area contributed by atoms with Crippen LogP contribution in [-0.2, 0) is 24.3 Å². The Morgan fingerprint density at radius 1 is 1.32 bits per heavy atom. The summed E-state index contributed by atoms with van der Waals surface area (Å²) in [5.74, 6) is -1.74. The van der Waals surface area contributed by atoms with Crippen molar-refractivity contribution < 1.29 is 22.7 Å². The van der Waals surface area contributed by atoms with Crippen molar-refractivity contribution in [3.63, 3.8) is 0 Å². The number of carbonyl (C=O) groups is 2. The summed E-state index contributed by atoms with van der Waals surface area (Å²) in [5.41, 5.74) is 0.817. The van der Waals surface area contributed by atoms with Gasteiger partial charge in [-0.3, -0.25) is 9.10 Å². The molecule has 0 atom stereocenters. The van der Waals surface area contributed by atoms with E-state index in [1.807, 2.05) is 0 Å². The van der Waals surface area contributed by atoms with Crippen LogP contribution in [0, 0.1) is 0 Å². The van der Waals surface area contributed by atoms with Crippen LogP contribution < -0.4 is 9.62 Å². The molecule has 0 saturated carbocycles. The summed E-state index contributed by atoms with van der Waals surface area (Å²) >= 11 is 0. The van der Waals surface area contributed by atoms with Crippen LogP contribution in [-0.4, -0.2) is 39.2 Å². The fourth-order valence-corrected chi connectivity index (χ4v) is 3.83. The molecule has 1 heterocycles. The summed E-state index contributed by atoms with van der Waals surface area (Å²) in [5, 5.41) is 2.40. The lowest BCUT2D eigenvalue weighted by Gasteiger charge is -2.28. The summed E-state index contributed by atoms with van der Waals surface area (Å²) < 4.78 is 30.1. The zero-order valence-corrected chi connectivity index (χ0v) is 13.1. The van der Waals surface area contributed by atoms with Gasteiger partial charge in [0, 0.05) is 12.2 Å². The molecule has 1 aliphatic rings. The lowest BCUT2D eigenvalue weighted by molar-refractivity contribution is -0.152. The number of benzene rings is 1. The highest BCUT2D eigenvalue weighted by Gasteiger charge is 2.26. The number of nitrogens with zero attached hydrogens (tertiary/aromatic N) is 1. The van der Waals surface area contributed by atoms with E-state index in [4.69, 9.17) is 0 Å². The van der Waals surface area contributed by atoms with Gasteiger partial charge < -0.3 is 10.1 Å². The Hall–Kier alpha value is -2.09. The average Bonchev–Trinajstić information content (AvgIpc) is 2.47. The normalized spacial score (nSPS) is 16.9. The summed E-state index contributed by atoms with van der Waals surface area (Å²) in [4.78, 5) is 22.9. The Kier molecular flexibility index (Phi) is 5.02. The highest BCUT2D eigenvalue weighted by atomic mass is 32.2. The van der Waals surface area contributed by atoms with Gasteiger partial charge >= 0.3 is 11.9 Å². The van der Waals surface area contributed by atoms with Crippen molar-refractivity contribution in [2.45, 2.75) is 19.8 Å². The van der Waals surface area contributed by atoms with Gasteiger partial charge in [0.15, 0.2) is 0 Å². The maximum Gasteiger partial charge on any atom is 0.397 e. The van der Waals surface area contributed by atoms with Gasteiger partial charge in [0.05, 0.1) is 18.0 Å². The van der Waals surface area contributed by atoms with Crippen LogP contribution in [0.15, 0.2) is 24.3 Å². The zero-order valence-electron chi connectivity index (χ0n) is 12.2. The second-order valence-electron chi connectivity index (χ2n) is 4.82. The molecule has 0 spiro atoms. The number of nitrogens with one attached hydrogen (secondary N) is 1. The summed E-state index contributed by atoms with van der Waals surface area (Å²) in [6.45, 7) is 2.13. The Bertz CT molecular complexity index is 672. The molecular formula is C14H18N2O5S. The van der Waals surface area contributed by atoms with Crippen molar-refractivity contribution in [2.24, 2.45) is 0 Å². The molecule has 0 radical (unpaired) electrons. The fraction of sp³-hybridized carbons (Fsp3) is 0.429. The number of anilines is 2. The average molecular weight is 326 g/mol. The highest BCUT2D eigenvalue weighted by Crippen LogP contribution is 2.25. The minimum atomic E-state index is -3.32. The van der Waals surface area contributed by atoms with E-state index in [9.17, 15) is 18.0 Å². The van der Waals surface area contributed by atoms with E-state index in [2.05, 4.69) is 10.1 Å². The van der Waals surface area contributed by atoms with Crippen LogP contribution in [0.25, 0.3) is 0 Å². The van der Waals surface area contributed by atoms with E-state index in [0.717, 1.165) is 6.42 Å². The third-order valence-corrected chi connectivity index (χ3v) is 5.07. The highest BCUT2D eigenvalue weighted by molar-refractivity contribution is 7.92. The van der Waals surface area contributed by atoms with E-state index < -0.39 is 21.9 Å². The van der Waals surface area contributed by atoms with E-state index in [1.165, 1.54) is 10.4 Å². The van der Waals surface area contributed by atoms with Gasteiger partial charge in [0.25, 0.3) is 0 Å². The second kappa shape index (κ2) is 6.78. The molecule has 1 saturated heterocycles. The number of rotatable bonds is 3. The Labute approximate surface area is 129 Å². The van der Waals surface area contributed by atoms with Crippen LogP contribution in [0.4, 0.5) is 11.4 Å². The molecule has 0 unspecified atom stereocenters. The molecule has 0 aliphatic carbocycles. The van der Waals surface area contributed by atoms with Crippen molar-refractivity contribution >= 4 is 33.3 Å². The Balaban J connectivity index is 2.16. The Morgan fingerprint density at radius 2 is 2.09 bits per heavy atom. The van der Waals surface area contributed by atoms with Gasteiger partial charge in [-0.05, 0) is 38.0 Å². The first-order valence-electron chi connectivity index (χ1n) is 7.02. The predicted octanol–water partition coefficient (Wildman–Crippen LogP) is 1.12. The molecule has 7 nitrogen and oxygen atoms in total. The fourth-order valence-electron chi connectivity index (χ4n) is 2.20. The number of ether oxygens (including phenoxy) is 1. The Morgan fingerprint density at radius 3 is 2.77 bits per heavy atom. The molecule has 1 aromatic carbocycles. The molecule has 8 heteroatoms. The van der Waals surface area contributed by atoms with Crippen molar-refractivity contribution in [2.75, 3.05) is 28.5 Å². The van der Waals surface area contributed by atoms with Gasteiger partial charge in [0.2, 0.25) is 10.0 Å². The summed E-state index contributed by atoms with van der Waals surface area (Å²) in [6, 6.07) is 6.39. The summed E-state index contributed by atoms with van der Waals surface area (Å²) in [7, 11) is -3.32. The third-order valence-electron chi connectivity index (χ3n) is 3.20. The first kappa shape index (κ1) is 16.3. The van der Waals surface area contributed by atoms with E-state index in [-0.39, 0.29) is 12.4 Å². The SMILES string of the molecule is CCOC(=O)C(=O)Nc1cccc(N2CCCCS2(=O)=O)c1. The number of esters is 1. The van der Waals surface area contributed by atoms with E-state index >= 15 is 0 Å². The zero-order chi connectivity index (χ0) is 16.2. The van der Waals surface area contributed by atoms with Crippen LogP contribution in [0.1, 0.15) is 19.8 Å². The van der Waals surface area contributed by atoms with Gasteiger partial charge in [-0.25, -0.2) is 13.2 Å². The molecule has 120 valence electrons. The number of amides is 1. The molecule has 1 amide bonds. The lowest BCUT2D eigenvalue weighted by atomic mass is 10.2. The predicted molar refractivity (Wildman–Crippen MR) is 82.1 cm³/mol. The maximum absolute atomic E-state index is 12.1. The number of hydrogen-bond donors (Lipinski definition) is 1. The third kappa shape index (κ3) is 3.76. The smallest absolute Gasteiger partial charge is 0.397 e. The lowest BCUT2D eigenvalue weighted by Crippen LogP contribution is -2.37. The number of hydrogen-bond acceptors (Lipinski definition) is 5. The minimum Gasteiger partial charge on any atom is -0.459 e. The largest absolute Gasteiger partial charge is 0.459 e. The van der Waals surface area contributed by atoms with Gasteiger partial charge in [-0.2, -0.15) is 0 Å². The van der Waals surface area contributed by atoms with Gasteiger partial charge in [0.1, 0.15) is 0 Å². The molecular weight excluding hydrogens is 308 g/mol. The molecule has 1 N–H and O–H groups in total. The topological polar surface area (TPSA) is 92.8 Å². The molecule has 1 aliphatic heterocycles. The first-order chi connectivity index (χ1) is 10.4. The monoisotopic (exact) mass is 326 g/mol. The van der Waals surface area contributed by atoms with Crippen molar-refractivity contribution in [1.82, 2.24) is 0 Å². The van der Waals surface area contributed by atoms with Gasteiger partial charge in [-0.15, -0.1) is 0 Å². The van der Waals surface area contributed by atoms with E-state index in [0.29, 0.717) is 24.3 Å². The van der Waals surface area contributed by atoms with Crippen molar-refractivity contribution in [1.29, 1.82) is 0 Å².